The highest BCUT2D eigenvalue weighted by Crippen LogP contribution is 2.28. The molecule has 0 radical (unpaired) electrons. The lowest BCUT2D eigenvalue weighted by Crippen LogP contribution is -2.06. The van der Waals surface area contributed by atoms with Gasteiger partial charge in [0.25, 0.3) is 0 Å². The molecule has 1 aromatic carbocycles. The van der Waals surface area contributed by atoms with Crippen LogP contribution >= 0.6 is 34.5 Å². The van der Waals surface area contributed by atoms with E-state index in [1.807, 2.05) is 14.1 Å². The van der Waals surface area contributed by atoms with Crippen molar-refractivity contribution in [3.8, 4) is 6.07 Å². The van der Waals surface area contributed by atoms with Crippen LogP contribution < -0.4 is 0 Å². The molecule has 0 N–H and O–H groups in total. The van der Waals surface area contributed by atoms with E-state index in [4.69, 9.17) is 23.2 Å². The van der Waals surface area contributed by atoms with Gasteiger partial charge in [-0.05, 0) is 23.8 Å². The summed E-state index contributed by atoms with van der Waals surface area (Å²) in [7, 11) is 3.71. The summed E-state index contributed by atoms with van der Waals surface area (Å²) in [5.41, 5.74) is 1.06. The number of nitrogens with zero attached hydrogens (tertiary/aromatic N) is 5. The maximum absolute atomic E-state index is 9.32. The Morgan fingerprint density at radius 1 is 1.36 bits per heavy atom. The molecule has 0 unspecified atom stereocenters. The number of hydrogen-bond acceptors (Lipinski definition) is 5. The molecule has 22 heavy (non-hydrogen) atoms. The van der Waals surface area contributed by atoms with E-state index in [0.29, 0.717) is 31.3 Å². The Bertz CT molecular complexity index is 774. The van der Waals surface area contributed by atoms with Gasteiger partial charge in [-0.3, -0.25) is 0 Å². The largest absolute Gasteiger partial charge is 0.369 e. The molecule has 1 heterocycles. The van der Waals surface area contributed by atoms with E-state index in [2.05, 4.69) is 21.3 Å². The summed E-state index contributed by atoms with van der Waals surface area (Å²) < 4.78 is 0. The number of rotatable bonds is 4. The molecular formula is C14H11Cl2N5S. The molecule has 0 bridgehead atoms. The van der Waals surface area contributed by atoms with Crippen LogP contribution in [0.5, 0.6) is 0 Å². The first-order valence-corrected chi connectivity index (χ1v) is 7.68. The average molecular weight is 352 g/mol. The molecule has 1 aromatic heterocycles. The van der Waals surface area contributed by atoms with Crippen molar-refractivity contribution in [1.29, 1.82) is 5.26 Å². The Hall–Kier alpha value is -1.94. The van der Waals surface area contributed by atoms with Crippen molar-refractivity contribution in [3.63, 3.8) is 0 Å². The van der Waals surface area contributed by atoms with E-state index in [1.54, 1.807) is 35.5 Å². The first kappa shape index (κ1) is 16.4. The Morgan fingerprint density at radius 2 is 2.14 bits per heavy atom. The number of hydrogen-bond donors (Lipinski definition) is 0. The molecule has 0 atom stereocenters. The van der Waals surface area contributed by atoms with Crippen LogP contribution in [-0.4, -0.2) is 35.5 Å². The van der Waals surface area contributed by atoms with Crippen molar-refractivity contribution in [2.75, 3.05) is 14.1 Å². The highest BCUT2D eigenvalue weighted by atomic mass is 35.5. The second-order valence-corrected chi connectivity index (χ2v) is 6.23. The molecule has 0 amide bonds. The molecular weight excluding hydrogens is 341 g/mol. The topological polar surface area (TPSA) is 65.2 Å². The number of halogens is 2. The second kappa shape index (κ2) is 7.36. The maximum Gasteiger partial charge on any atom is 0.233 e. The van der Waals surface area contributed by atoms with Crippen LogP contribution in [0.4, 0.5) is 5.13 Å². The fourth-order valence-corrected chi connectivity index (χ4v) is 2.57. The van der Waals surface area contributed by atoms with Gasteiger partial charge in [-0.15, -0.1) is 10.2 Å². The van der Waals surface area contributed by atoms with Gasteiger partial charge in [0.1, 0.15) is 6.07 Å². The zero-order valence-corrected chi connectivity index (χ0v) is 14.1. The van der Waals surface area contributed by atoms with Crippen LogP contribution in [0.25, 0.3) is 11.6 Å². The van der Waals surface area contributed by atoms with Crippen molar-refractivity contribution in [2.24, 2.45) is 4.99 Å². The van der Waals surface area contributed by atoms with Gasteiger partial charge in [-0.25, -0.2) is 4.99 Å². The molecule has 112 valence electrons. The van der Waals surface area contributed by atoms with Crippen LogP contribution in [0.1, 0.15) is 10.6 Å². The van der Waals surface area contributed by atoms with Crippen LogP contribution in [0, 0.1) is 11.3 Å². The van der Waals surface area contributed by atoms with Crippen LogP contribution in [0.2, 0.25) is 10.0 Å². The monoisotopic (exact) mass is 351 g/mol. The highest BCUT2D eigenvalue weighted by molar-refractivity contribution is 7.16. The molecule has 0 aliphatic heterocycles. The maximum atomic E-state index is 9.32. The Labute approximate surface area is 142 Å². The standard InChI is InChI=1S/C14H11Cl2N5S/c1-21(2)8-18-14-20-19-13(22-14)10(7-17)5-9-3-4-11(15)6-12(9)16/h3-6,8H,1-2H3. The summed E-state index contributed by atoms with van der Waals surface area (Å²) in [6, 6.07) is 7.18. The third-order valence-electron chi connectivity index (χ3n) is 2.43. The van der Waals surface area contributed by atoms with E-state index in [-0.39, 0.29) is 0 Å². The van der Waals surface area contributed by atoms with Gasteiger partial charge in [0.2, 0.25) is 5.13 Å². The van der Waals surface area contributed by atoms with Crippen molar-refractivity contribution in [1.82, 2.24) is 15.1 Å². The average Bonchev–Trinajstić information content (AvgIpc) is 2.93. The molecule has 0 aliphatic carbocycles. The lowest BCUT2D eigenvalue weighted by molar-refractivity contribution is 0.643. The molecule has 0 fully saturated rings. The molecule has 0 aliphatic rings. The summed E-state index contributed by atoms with van der Waals surface area (Å²) in [6.45, 7) is 0. The van der Waals surface area contributed by atoms with Gasteiger partial charge in [0, 0.05) is 24.1 Å². The molecule has 5 nitrogen and oxygen atoms in total. The van der Waals surface area contributed by atoms with Gasteiger partial charge >= 0.3 is 0 Å². The number of allylic oxidation sites excluding steroid dienone is 1. The first-order chi connectivity index (χ1) is 10.5. The predicted molar refractivity (Wildman–Crippen MR) is 91.7 cm³/mol. The third kappa shape index (κ3) is 4.28. The fraction of sp³-hybridized carbons (Fsp3) is 0.143. The smallest absolute Gasteiger partial charge is 0.233 e. The Morgan fingerprint density at radius 3 is 2.77 bits per heavy atom. The van der Waals surface area contributed by atoms with Crippen molar-refractivity contribution in [2.45, 2.75) is 0 Å². The Balaban J connectivity index is 2.32. The quantitative estimate of drug-likeness (QED) is 0.471. The van der Waals surface area contributed by atoms with E-state index >= 15 is 0 Å². The number of benzene rings is 1. The van der Waals surface area contributed by atoms with E-state index in [0.717, 1.165) is 0 Å². The lowest BCUT2D eigenvalue weighted by Gasteiger charge is -2.00. The number of aliphatic imine (C=N–C) groups is 1. The highest BCUT2D eigenvalue weighted by Gasteiger charge is 2.10. The van der Waals surface area contributed by atoms with Crippen molar-refractivity contribution in [3.05, 3.63) is 38.8 Å². The zero-order chi connectivity index (χ0) is 16.1. The van der Waals surface area contributed by atoms with E-state index in [1.165, 1.54) is 11.3 Å². The van der Waals surface area contributed by atoms with Crippen molar-refractivity contribution >= 4 is 57.7 Å². The third-order valence-corrected chi connectivity index (χ3v) is 3.85. The van der Waals surface area contributed by atoms with Gasteiger partial charge in [-0.1, -0.05) is 40.6 Å². The zero-order valence-electron chi connectivity index (χ0n) is 11.8. The fourth-order valence-electron chi connectivity index (χ4n) is 1.46. The van der Waals surface area contributed by atoms with Gasteiger partial charge in [0.05, 0.1) is 11.9 Å². The van der Waals surface area contributed by atoms with E-state index < -0.39 is 0 Å². The summed E-state index contributed by atoms with van der Waals surface area (Å²) in [5.74, 6) is 0. The van der Waals surface area contributed by atoms with Gasteiger partial charge in [-0.2, -0.15) is 5.26 Å². The molecule has 0 saturated carbocycles. The first-order valence-electron chi connectivity index (χ1n) is 6.11. The molecule has 2 rings (SSSR count). The number of aromatic nitrogens is 2. The van der Waals surface area contributed by atoms with Crippen LogP contribution in [-0.2, 0) is 0 Å². The lowest BCUT2D eigenvalue weighted by atomic mass is 10.1. The minimum absolute atomic E-state index is 0.369. The normalized spacial score (nSPS) is 11.7. The minimum Gasteiger partial charge on any atom is -0.369 e. The van der Waals surface area contributed by atoms with Gasteiger partial charge in [0.15, 0.2) is 5.01 Å². The molecule has 2 aromatic rings. The summed E-state index contributed by atoms with van der Waals surface area (Å²) >= 11 is 13.2. The summed E-state index contributed by atoms with van der Waals surface area (Å²) in [6.07, 6.45) is 3.27. The van der Waals surface area contributed by atoms with Gasteiger partial charge < -0.3 is 4.90 Å². The Kier molecular flexibility index (Phi) is 5.50. The van der Waals surface area contributed by atoms with Crippen LogP contribution in [0.3, 0.4) is 0 Å². The second-order valence-electron chi connectivity index (χ2n) is 4.43. The SMILES string of the molecule is CN(C)C=Nc1nnc(C(C#N)=Cc2ccc(Cl)cc2Cl)s1. The predicted octanol–water partition coefficient (Wildman–Crippen LogP) is 4.13. The van der Waals surface area contributed by atoms with E-state index in [9.17, 15) is 5.26 Å². The van der Waals surface area contributed by atoms with Crippen LogP contribution in [0.15, 0.2) is 23.2 Å². The molecule has 0 spiro atoms. The summed E-state index contributed by atoms with van der Waals surface area (Å²) in [4.78, 5) is 5.93. The summed E-state index contributed by atoms with van der Waals surface area (Å²) in [5, 5.41) is 19.2. The van der Waals surface area contributed by atoms with Crippen molar-refractivity contribution < 1.29 is 0 Å². The minimum atomic E-state index is 0.369. The number of nitriles is 1. The molecule has 8 heteroatoms. The molecule has 0 saturated heterocycles.